The maximum atomic E-state index is 13.1. The average molecular weight is 233 g/mol. The Labute approximate surface area is 93.7 Å². The first-order chi connectivity index (χ1) is 7.15. The molecule has 1 amide bonds. The highest BCUT2D eigenvalue weighted by atomic mass is 19.3. The molecule has 1 spiro atoms. The number of carbonyl (C=O) groups excluding carboxylic acids is 1. The van der Waals surface area contributed by atoms with Crippen molar-refractivity contribution in [1.29, 1.82) is 0 Å². The van der Waals surface area contributed by atoms with Crippen molar-refractivity contribution in [3.8, 4) is 0 Å². The number of alkyl halides is 2. The second-order valence-corrected chi connectivity index (χ2v) is 5.81. The van der Waals surface area contributed by atoms with Gasteiger partial charge in [0, 0.05) is 19.5 Å². The molecule has 1 atom stereocenters. The zero-order valence-corrected chi connectivity index (χ0v) is 9.85. The lowest BCUT2D eigenvalue weighted by Gasteiger charge is -2.24. The summed E-state index contributed by atoms with van der Waals surface area (Å²) in [5.74, 6) is -2.58. The van der Waals surface area contributed by atoms with Gasteiger partial charge < -0.3 is 9.64 Å². The molecule has 1 heterocycles. The van der Waals surface area contributed by atoms with Crippen LogP contribution in [0.15, 0.2) is 0 Å². The Balaban J connectivity index is 1.93. The van der Waals surface area contributed by atoms with Crippen molar-refractivity contribution in [3.63, 3.8) is 0 Å². The number of halogens is 2. The summed E-state index contributed by atoms with van der Waals surface area (Å²) >= 11 is 0. The van der Waals surface area contributed by atoms with Crippen LogP contribution in [0.5, 0.6) is 0 Å². The number of nitrogens with zero attached hydrogens (tertiary/aromatic N) is 1. The molecule has 0 aromatic carbocycles. The molecule has 16 heavy (non-hydrogen) atoms. The van der Waals surface area contributed by atoms with Crippen molar-refractivity contribution in [3.05, 3.63) is 0 Å². The molecule has 2 fully saturated rings. The van der Waals surface area contributed by atoms with Crippen LogP contribution in [-0.2, 0) is 4.74 Å². The number of hydrogen-bond donors (Lipinski definition) is 0. The van der Waals surface area contributed by atoms with E-state index < -0.39 is 23.0 Å². The van der Waals surface area contributed by atoms with Gasteiger partial charge in [0.05, 0.1) is 5.41 Å². The molecule has 92 valence electrons. The molecular weight excluding hydrogens is 216 g/mol. The lowest BCUT2D eigenvalue weighted by Crippen LogP contribution is -2.35. The van der Waals surface area contributed by atoms with Crippen molar-refractivity contribution in [2.45, 2.75) is 45.1 Å². The molecular formula is C11H17F2NO2. The summed E-state index contributed by atoms with van der Waals surface area (Å²) in [6, 6.07) is 0. The Kier molecular flexibility index (Phi) is 2.23. The van der Waals surface area contributed by atoms with Gasteiger partial charge in [-0.3, -0.25) is 0 Å². The predicted molar refractivity (Wildman–Crippen MR) is 54.4 cm³/mol. The first-order valence-corrected chi connectivity index (χ1v) is 5.51. The van der Waals surface area contributed by atoms with Crippen LogP contribution in [0.25, 0.3) is 0 Å². The quantitative estimate of drug-likeness (QED) is 0.643. The third-order valence-corrected chi connectivity index (χ3v) is 3.22. The fourth-order valence-corrected chi connectivity index (χ4v) is 2.18. The second-order valence-electron chi connectivity index (χ2n) is 5.81. The van der Waals surface area contributed by atoms with Gasteiger partial charge in [-0.2, -0.15) is 0 Å². The normalized spacial score (nSPS) is 31.9. The third-order valence-electron chi connectivity index (χ3n) is 3.22. The van der Waals surface area contributed by atoms with Crippen LogP contribution in [-0.4, -0.2) is 35.6 Å². The fraction of sp³-hybridized carbons (Fsp3) is 0.909. The predicted octanol–water partition coefficient (Wildman–Crippen LogP) is 2.65. The topological polar surface area (TPSA) is 29.5 Å². The largest absolute Gasteiger partial charge is 0.444 e. The number of rotatable bonds is 0. The van der Waals surface area contributed by atoms with Gasteiger partial charge in [0.25, 0.3) is 5.92 Å². The fourth-order valence-electron chi connectivity index (χ4n) is 2.18. The molecule has 1 aliphatic carbocycles. The van der Waals surface area contributed by atoms with E-state index in [2.05, 4.69) is 0 Å². The van der Waals surface area contributed by atoms with Crippen LogP contribution in [0, 0.1) is 5.41 Å². The summed E-state index contributed by atoms with van der Waals surface area (Å²) in [6.45, 7) is 5.81. The Hall–Kier alpha value is -0.870. The molecule has 0 bridgehead atoms. The molecule has 2 aliphatic rings. The zero-order chi connectivity index (χ0) is 12.2. The third kappa shape index (κ3) is 1.87. The van der Waals surface area contributed by atoms with Gasteiger partial charge in [0.2, 0.25) is 0 Å². The summed E-state index contributed by atoms with van der Waals surface area (Å²) in [5, 5.41) is 0. The Morgan fingerprint density at radius 2 is 1.94 bits per heavy atom. The smallest absolute Gasteiger partial charge is 0.410 e. The molecule has 2 rings (SSSR count). The van der Waals surface area contributed by atoms with E-state index in [-0.39, 0.29) is 13.0 Å². The summed E-state index contributed by atoms with van der Waals surface area (Å²) in [4.78, 5) is 13.0. The van der Waals surface area contributed by atoms with Gasteiger partial charge in [-0.1, -0.05) is 0 Å². The summed E-state index contributed by atoms with van der Waals surface area (Å²) < 4.78 is 31.3. The molecule has 3 nitrogen and oxygen atoms in total. The van der Waals surface area contributed by atoms with E-state index in [1.807, 2.05) is 0 Å². The summed E-state index contributed by atoms with van der Waals surface area (Å²) in [6.07, 6.45) is -0.175. The first kappa shape index (κ1) is 11.6. The van der Waals surface area contributed by atoms with Crippen molar-refractivity contribution in [2.75, 3.05) is 13.1 Å². The monoisotopic (exact) mass is 233 g/mol. The molecule has 0 aromatic heterocycles. The van der Waals surface area contributed by atoms with E-state index in [0.717, 1.165) is 0 Å². The highest BCUT2D eigenvalue weighted by Crippen LogP contribution is 2.65. The van der Waals surface area contributed by atoms with Crippen molar-refractivity contribution in [1.82, 2.24) is 4.90 Å². The minimum Gasteiger partial charge on any atom is -0.444 e. The van der Waals surface area contributed by atoms with Crippen molar-refractivity contribution >= 4 is 6.09 Å². The van der Waals surface area contributed by atoms with E-state index in [1.165, 1.54) is 4.90 Å². The maximum Gasteiger partial charge on any atom is 0.410 e. The zero-order valence-electron chi connectivity index (χ0n) is 9.85. The lowest BCUT2D eigenvalue weighted by atomic mass is 10.1. The standard InChI is InChI=1S/C11H17F2NO2/c1-9(2,3)16-8(15)14-5-4-10(7-14)6-11(10,12)13/h4-7H2,1-3H3. The van der Waals surface area contributed by atoms with E-state index in [9.17, 15) is 13.6 Å². The Bertz CT molecular complexity index is 324. The van der Waals surface area contributed by atoms with Crippen molar-refractivity contribution in [2.24, 2.45) is 5.41 Å². The summed E-state index contributed by atoms with van der Waals surface area (Å²) in [5.41, 5.74) is -1.51. The van der Waals surface area contributed by atoms with Gasteiger partial charge in [0.1, 0.15) is 5.60 Å². The number of likely N-dealkylation sites (tertiary alicyclic amines) is 1. The van der Waals surface area contributed by atoms with Gasteiger partial charge in [-0.05, 0) is 27.2 Å². The van der Waals surface area contributed by atoms with Crippen LogP contribution in [0.2, 0.25) is 0 Å². The van der Waals surface area contributed by atoms with Crippen LogP contribution in [0.3, 0.4) is 0 Å². The minimum absolute atomic E-state index is 0.0840. The van der Waals surface area contributed by atoms with Crippen LogP contribution < -0.4 is 0 Å². The van der Waals surface area contributed by atoms with Crippen LogP contribution in [0.4, 0.5) is 13.6 Å². The molecule has 1 unspecified atom stereocenters. The Morgan fingerprint density at radius 1 is 1.38 bits per heavy atom. The van der Waals surface area contributed by atoms with Crippen molar-refractivity contribution < 1.29 is 18.3 Å². The second kappa shape index (κ2) is 3.08. The van der Waals surface area contributed by atoms with Gasteiger partial charge in [-0.25, -0.2) is 13.6 Å². The highest BCUT2D eigenvalue weighted by molar-refractivity contribution is 5.68. The van der Waals surface area contributed by atoms with Gasteiger partial charge in [0.15, 0.2) is 0 Å². The molecule has 0 aromatic rings. The molecule has 1 saturated heterocycles. The summed E-state index contributed by atoms with van der Waals surface area (Å²) in [7, 11) is 0. The van der Waals surface area contributed by atoms with Crippen LogP contribution in [0.1, 0.15) is 33.6 Å². The lowest BCUT2D eigenvalue weighted by molar-refractivity contribution is 0.0252. The van der Waals surface area contributed by atoms with E-state index in [0.29, 0.717) is 13.0 Å². The minimum atomic E-state index is -2.58. The van der Waals surface area contributed by atoms with Gasteiger partial charge >= 0.3 is 6.09 Å². The highest BCUT2D eigenvalue weighted by Gasteiger charge is 2.73. The van der Waals surface area contributed by atoms with E-state index >= 15 is 0 Å². The van der Waals surface area contributed by atoms with Crippen LogP contribution >= 0.6 is 0 Å². The molecule has 0 N–H and O–H groups in total. The molecule has 0 radical (unpaired) electrons. The van der Waals surface area contributed by atoms with E-state index in [1.54, 1.807) is 20.8 Å². The van der Waals surface area contributed by atoms with Gasteiger partial charge in [-0.15, -0.1) is 0 Å². The Morgan fingerprint density at radius 3 is 2.31 bits per heavy atom. The average Bonchev–Trinajstić information content (AvgIpc) is 2.46. The molecule has 1 saturated carbocycles. The number of hydrogen-bond acceptors (Lipinski definition) is 2. The molecule has 5 heteroatoms. The SMILES string of the molecule is CC(C)(C)OC(=O)N1CCC2(C1)CC2(F)F. The number of carbonyl (C=O) groups is 1. The number of amides is 1. The first-order valence-electron chi connectivity index (χ1n) is 5.51. The molecule has 1 aliphatic heterocycles. The maximum absolute atomic E-state index is 13.1. The van der Waals surface area contributed by atoms with E-state index in [4.69, 9.17) is 4.74 Å². The number of ether oxygens (including phenoxy) is 1.